The van der Waals surface area contributed by atoms with E-state index in [1.807, 2.05) is 0 Å². The molecule has 35 heavy (non-hydrogen) atoms. The number of ketones is 1. The number of nitrogens with zero attached hydrogens (tertiary/aromatic N) is 3. The lowest BCUT2D eigenvalue weighted by atomic mass is 10.0. The maximum atomic E-state index is 14.3. The molecule has 1 aromatic heterocycles. The van der Waals surface area contributed by atoms with Crippen LogP contribution in [0.25, 0.3) is 0 Å². The number of sulfonamides is 1. The molecule has 3 heterocycles. The quantitative estimate of drug-likeness (QED) is 0.521. The third kappa shape index (κ3) is 5.64. The molecule has 2 saturated heterocycles. The van der Waals surface area contributed by atoms with Crippen molar-refractivity contribution in [2.45, 2.75) is 55.1 Å². The molecule has 2 aliphatic heterocycles. The van der Waals surface area contributed by atoms with E-state index in [9.17, 15) is 35.2 Å². The molecule has 12 heteroatoms. The van der Waals surface area contributed by atoms with Gasteiger partial charge in [-0.05, 0) is 36.8 Å². The predicted octanol–water partition coefficient (Wildman–Crippen LogP) is 3.90. The van der Waals surface area contributed by atoms with Crippen molar-refractivity contribution < 1.29 is 35.2 Å². The Kier molecular flexibility index (Phi) is 7.14. The fourth-order valence-corrected chi connectivity index (χ4v) is 6.05. The zero-order chi connectivity index (χ0) is 25.4. The van der Waals surface area contributed by atoms with Gasteiger partial charge >= 0.3 is 0 Å². The average molecular weight is 518 g/mol. The topological polar surface area (TPSA) is 70.6 Å². The van der Waals surface area contributed by atoms with E-state index in [0.29, 0.717) is 5.69 Å². The van der Waals surface area contributed by atoms with E-state index in [1.54, 1.807) is 0 Å². The Balaban J connectivity index is 1.45. The second-order valence-electron chi connectivity index (χ2n) is 8.81. The van der Waals surface area contributed by atoms with Gasteiger partial charge in [0.15, 0.2) is 11.6 Å². The van der Waals surface area contributed by atoms with Gasteiger partial charge in [0.25, 0.3) is 5.92 Å². The second-order valence-corrected chi connectivity index (χ2v) is 10.7. The first-order valence-electron chi connectivity index (χ1n) is 11.2. The van der Waals surface area contributed by atoms with Crippen molar-refractivity contribution in [1.82, 2.24) is 9.29 Å². The number of alkyl halides is 3. The van der Waals surface area contributed by atoms with Crippen LogP contribution in [0.4, 0.5) is 27.6 Å². The van der Waals surface area contributed by atoms with Crippen molar-refractivity contribution >= 4 is 21.5 Å². The Morgan fingerprint density at radius 1 is 1.11 bits per heavy atom. The Morgan fingerprint density at radius 3 is 2.43 bits per heavy atom. The molecule has 0 unspecified atom stereocenters. The number of aryl methyl sites for hydroxylation is 1. The summed E-state index contributed by atoms with van der Waals surface area (Å²) in [5.74, 6) is -4.62. The maximum Gasteiger partial charge on any atom is 0.251 e. The molecule has 0 N–H and O–H groups in total. The standard InChI is InChI=1S/C23H24F5N3O3S/c24-15-1-4-18(5-2-15)35(33,34)31-14-16(25)11-21(31)22(32)6-3-17-12-20(19(26)13-29-17)30-9-7-23(27,28)8-10-30/h1-2,4-5,12-13,16,21H,3,6-11,14H2/t16-,21+/m1/s1. The number of Topliss-reactive ketones (excluding diaryl/α,β-unsaturated/α-hetero) is 1. The first kappa shape index (κ1) is 25.5. The minimum atomic E-state index is -4.23. The summed E-state index contributed by atoms with van der Waals surface area (Å²) in [4.78, 5) is 18.1. The van der Waals surface area contributed by atoms with Gasteiger partial charge in [-0.15, -0.1) is 0 Å². The number of aromatic nitrogens is 1. The van der Waals surface area contributed by atoms with Gasteiger partial charge in [0.1, 0.15) is 12.0 Å². The number of hydrogen-bond acceptors (Lipinski definition) is 5. The van der Waals surface area contributed by atoms with Gasteiger partial charge < -0.3 is 4.90 Å². The van der Waals surface area contributed by atoms with Gasteiger partial charge in [0.2, 0.25) is 10.0 Å². The van der Waals surface area contributed by atoms with Crippen molar-refractivity contribution in [1.29, 1.82) is 0 Å². The van der Waals surface area contributed by atoms with Gasteiger partial charge in [0, 0.05) is 51.0 Å². The van der Waals surface area contributed by atoms with E-state index >= 15 is 0 Å². The zero-order valence-electron chi connectivity index (χ0n) is 18.6. The van der Waals surface area contributed by atoms with Crippen LogP contribution in [0.5, 0.6) is 0 Å². The number of hydrogen-bond donors (Lipinski definition) is 0. The first-order valence-corrected chi connectivity index (χ1v) is 12.6. The average Bonchev–Trinajstić information content (AvgIpc) is 3.21. The maximum absolute atomic E-state index is 14.3. The van der Waals surface area contributed by atoms with Crippen LogP contribution in [-0.4, -0.2) is 61.3 Å². The zero-order valence-corrected chi connectivity index (χ0v) is 19.5. The third-order valence-corrected chi connectivity index (χ3v) is 8.24. The fraction of sp³-hybridized carbons (Fsp3) is 0.478. The summed E-state index contributed by atoms with van der Waals surface area (Å²) in [5, 5.41) is 0. The summed E-state index contributed by atoms with van der Waals surface area (Å²) in [6, 6.07) is 4.20. The van der Waals surface area contributed by atoms with Gasteiger partial charge in [-0.3, -0.25) is 9.78 Å². The molecule has 0 aliphatic carbocycles. The lowest BCUT2D eigenvalue weighted by molar-refractivity contribution is -0.122. The largest absolute Gasteiger partial charge is 0.369 e. The number of rotatable bonds is 7. The Labute approximate surface area is 199 Å². The van der Waals surface area contributed by atoms with Crippen molar-refractivity contribution in [2.24, 2.45) is 0 Å². The summed E-state index contributed by atoms with van der Waals surface area (Å²) in [6.45, 7) is -0.542. The van der Waals surface area contributed by atoms with Crippen LogP contribution in [0.2, 0.25) is 0 Å². The molecule has 0 bridgehead atoms. The number of anilines is 1. The highest BCUT2D eigenvalue weighted by Gasteiger charge is 2.43. The molecule has 190 valence electrons. The van der Waals surface area contributed by atoms with E-state index in [2.05, 4.69) is 4.98 Å². The lowest BCUT2D eigenvalue weighted by Gasteiger charge is -2.33. The van der Waals surface area contributed by atoms with Crippen molar-refractivity contribution in [3.8, 4) is 0 Å². The van der Waals surface area contributed by atoms with Crippen LogP contribution in [0.3, 0.4) is 0 Å². The summed E-state index contributed by atoms with van der Waals surface area (Å²) in [7, 11) is -4.23. The van der Waals surface area contributed by atoms with E-state index in [4.69, 9.17) is 0 Å². The van der Waals surface area contributed by atoms with Crippen LogP contribution < -0.4 is 4.90 Å². The van der Waals surface area contributed by atoms with Crippen molar-refractivity contribution in [3.05, 3.63) is 53.9 Å². The third-order valence-electron chi connectivity index (χ3n) is 6.35. The summed E-state index contributed by atoms with van der Waals surface area (Å²) < 4.78 is 95.3. The van der Waals surface area contributed by atoms with Gasteiger partial charge in [-0.1, -0.05) is 0 Å². The molecule has 2 fully saturated rings. The molecule has 4 rings (SSSR count). The fourth-order valence-electron chi connectivity index (χ4n) is 4.40. The Morgan fingerprint density at radius 2 is 1.77 bits per heavy atom. The molecule has 0 radical (unpaired) electrons. The minimum Gasteiger partial charge on any atom is -0.369 e. The van der Waals surface area contributed by atoms with E-state index in [1.165, 1.54) is 11.0 Å². The lowest BCUT2D eigenvalue weighted by Crippen LogP contribution is -2.40. The van der Waals surface area contributed by atoms with Crippen LogP contribution >= 0.6 is 0 Å². The van der Waals surface area contributed by atoms with E-state index in [-0.39, 0.29) is 42.9 Å². The minimum absolute atomic E-state index is 0.0253. The van der Waals surface area contributed by atoms with Gasteiger partial charge in [-0.2, -0.15) is 4.31 Å². The van der Waals surface area contributed by atoms with Crippen LogP contribution in [0.15, 0.2) is 41.4 Å². The number of piperidine rings is 1. The van der Waals surface area contributed by atoms with Crippen molar-refractivity contribution in [2.75, 3.05) is 24.5 Å². The van der Waals surface area contributed by atoms with Crippen molar-refractivity contribution in [3.63, 3.8) is 0 Å². The highest BCUT2D eigenvalue weighted by Crippen LogP contribution is 2.32. The molecule has 0 spiro atoms. The number of carbonyl (C=O) groups is 1. The first-order chi connectivity index (χ1) is 16.5. The molecule has 2 atom stereocenters. The second kappa shape index (κ2) is 9.81. The molecular formula is C23H24F5N3O3S. The van der Waals surface area contributed by atoms with Gasteiger partial charge in [-0.25, -0.2) is 30.4 Å². The number of pyridine rings is 1. The number of halogens is 5. The molecule has 1 aromatic carbocycles. The molecule has 6 nitrogen and oxygen atoms in total. The Bertz CT molecular complexity index is 1180. The van der Waals surface area contributed by atoms with E-state index < -0.39 is 65.0 Å². The predicted molar refractivity (Wildman–Crippen MR) is 118 cm³/mol. The summed E-state index contributed by atoms with van der Waals surface area (Å²) >= 11 is 0. The van der Waals surface area contributed by atoms with Gasteiger partial charge in [0.05, 0.1) is 22.8 Å². The molecule has 2 aliphatic rings. The Hall–Kier alpha value is -2.60. The SMILES string of the molecule is O=C(CCc1cc(N2CCC(F)(F)CC2)c(F)cn1)[C@@H]1C[C@@H](F)CN1S(=O)(=O)c1ccc(F)cc1. The molecule has 2 aromatic rings. The highest BCUT2D eigenvalue weighted by molar-refractivity contribution is 7.89. The molecular weight excluding hydrogens is 493 g/mol. The van der Waals surface area contributed by atoms with E-state index in [0.717, 1.165) is 34.8 Å². The monoisotopic (exact) mass is 517 g/mol. The smallest absolute Gasteiger partial charge is 0.251 e. The highest BCUT2D eigenvalue weighted by atomic mass is 32.2. The summed E-state index contributed by atoms with van der Waals surface area (Å²) in [6.07, 6.45) is -1.81. The molecule has 0 amide bonds. The van der Waals surface area contributed by atoms with Crippen LogP contribution in [-0.2, 0) is 21.2 Å². The summed E-state index contributed by atoms with van der Waals surface area (Å²) in [5.41, 5.74) is 0.443. The number of benzene rings is 1. The number of carbonyl (C=O) groups excluding carboxylic acids is 1. The normalized spacial score (nSPS) is 22.9. The van der Waals surface area contributed by atoms with Crippen LogP contribution in [0.1, 0.15) is 31.4 Å². The molecule has 0 saturated carbocycles. The van der Waals surface area contributed by atoms with Crippen LogP contribution in [0, 0.1) is 11.6 Å².